The van der Waals surface area contributed by atoms with Crippen molar-refractivity contribution >= 4 is 5.91 Å². The molecule has 132 valence electrons. The zero-order valence-corrected chi connectivity index (χ0v) is 14.7. The summed E-state index contributed by atoms with van der Waals surface area (Å²) in [5.41, 5.74) is 2.81. The summed E-state index contributed by atoms with van der Waals surface area (Å²) in [6.45, 7) is 1.73. The van der Waals surface area contributed by atoms with Gasteiger partial charge in [-0.2, -0.15) is 5.10 Å². The highest BCUT2D eigenvalue weighted by molar-refractivity contribution is 5.88. The second-order valence-corrected chi connectivity index (χ2v) is 7.20. The van der Waals surface area contributed by atoms with E-state index in [9.17, 15) is 4.79 Å². The number of ether oxygens (including phenoxy) is 1. The van der Waals surface area contributed by atoms with Crippen LogP contribution in [0, 0.1) is 0 Å². The molecule has 0 bridgehead atoms. The zero-order chi connectivity index (χ0) is 17.3. The Labute approximate surface area is 148 Å². The molecule has 1 aromatic carbocycles. The van der Waals surface area contributed by atoms with Crippen LogP contribution in [-0.4, -0.2) is 28.9 Å². The number of amides is 1. The van der Waals surface area contributed by atoms with E-state index in [0.29, 0.717) is 25.7 Å². The van der Waals surface area contributed by atoms with Gasteiger partial charge in [-0.05, 0) is 37.3 Å². The smallest absolute Gasteiger partial charge is 0.231 e. The minimum absolute atomic E-state index is 0.0839. The van der Waals surface area contributed by atoms with Gasteiger partial charge in [0.05, 0.1) is 17.7 Å². The molecule has 0 spiro atoms. The Kier molecular flexibility index (Phi) is 4.34. The molecule has 1 N–H and O–H groups in total. The summed E-state index contributed by atoms with van der Waals surface area (Å²) in [6, 6.07) is 12.2. The molecule has 1 saturated heterocycles. The summed E-state index contributed by atoms with van der Waals surface area (Å²) in [6.07, 6.45) is 3.95. The first-order valence-electron chi connectivity index (χ1n) is 9.13. The standard InChI is InChI=1S/C20H25N3O2/c1-23-18(15-7-8-15)13-17(22-23)14-21-19(24)20(9-11-25-12-10-20)16-5-3-2-4-6-16/h2-6,13,15H,7-12,14H2,1H3,(H,21,24). The van der Waals surface area contributed by atoms with Gasteiger partial charge in [0.25, 0.3) is 0 Å². The number of carbonyl (C=O) groups is 1. The molecule has 0 atom stereocenters. The largest absolute Gasteiger partial charge is 0.381 e. The van der Waals surface area contributed by atoms with Gasteiger partial charge < -0.3 is 10.1 Å². The average molecular weight is 339 g/mol. The van der Waals surface area contributed by atoms with Crippen LogP contribution < -0.4 is 5.32 Å². The maximum atomic E-state index is 13.1. The van der Waals surface area contributed by atoms with Gasteiger partial charge >= 0.3 is 0 Å². The molecular formula is C20H25N3O2. The van der Waals surface area contributed by atoms with Crippen LogP contribution >= 0.6 is 0 Å². The van der Waals surface area contributed by atoms with Gasteiger partial charge in [-0.3, -0.25) is 9.48 Å². The Bertz CT molecular complexity index is 744. The highest BCUT2D eigenvalue weighted by Crippen LogP contribution is 2.40. The molecule has 2 aromatic rings. The van der Waals surface area contributed by atoms with E-state index >= 15 is 0 Å². The first-order chi connectivity index (χ1) is 12.2. The second-order valence-electron chi connectivity index (χ2n) is 7.20. The predicted molar refractivity (Wildman–Crippen MR) is 95.2 cm³/mol. The molecule has 5 nitrogen and oxygen atoms in total. The van der Waals surface area contributed by atoms with Crippen molar-refractivity contribution in [2.75, 3.05) is 13.2 Å². The average Bonchev–Trinajstić information content (AvgIpc) is 3.43. The number of carbonyl (C=O) groups excluding carboxylic acids is 1. The lowest BCUT2D eigenvalue weighted by Crippen LogP contribution is -2.47. The van der Waals surface area contributed by atoms with Crippen LogP contribution in [0.3, 0.4) is 0 Å². The number of rotatable bonds is 5. The molecule has 5 heteroatoms. The fourth-order valence-corrected chi connectivity index (χ4v) is 3.85. The molecule has 2 aliphatic rings. The van der Waals surface area contributed by atoms with Crippen LogP contribution in [0.2, 0.25) is 0 Å². The van der Waals surface area contributed by atoms with E-state index in [2.05, 4.69) is 28.6 Å². The van der Waals surface area contributed by atoms with E-state index in [1.807, 2.05) is 29.9 Å². The van der Waals surface area contributed by atoms with Gasteiger partial charge in [0.2, 0.25) is 5.91 Å². The first kappa shape index (κ1) is 16.3. The van der Waals surface area contributed by atoms with E-state index in [-0.39, 0.29) is 5.91 Å². The lowest BCUT2D eigenvalue weighted by molar-refractivity contribution is -0.130. The predicted octanol–water partition coefficient (Wildman–Crippen LogP) is 2.66. The highest BCUT2D eigenvalue weighted by atomic mass is 16.5. The molecule has 1 aromatic heterocycles. The Balaban J connectivity index is 1.50. The molecule has 1 aliphatic carbocycles. The summed E-state index contributed by atoms with van der Waals surface area (Å²) >= 11 is 0. The Hall–Kier alpha value is -2.14. The molecule has 1 amide bonds. The first-order valence-corrected chi connectivity index (χ1v) is 9.13. The van der Waals surface area contributed by atoms with Crippen molar-refractivity contribution < 1.29 is 9.53 Å². The fourth-order valence-electron chi connectivity index (χ4n) is 3.85. The van der Waals surface area contributed by atoms with Gasteiger partial charge in [0.1, 0.15) is 0 Å². The van der Waals surface area contributed by atoms with Crippen LogP contribution in [0.25, 0.3) is 0 Å². The lowest BCUT2D eigenvalue weighted by Gasteiger charge is -2.36. The van der Waals surface area contributed by atoms with Crippen molar-refractivity contribution in [1.82, 2.24) is 15.1 Å². The number of hydrogen-bond donors (Lipinski definition) is 1. The van der Waals surface area contributed by atoms with Crippen LogP contribution in [-0.2, 0) is 28.5 Å². The summed E-state index contributed by atoms with van der Waals surface area (Å²) < 4.78 is 7.47. The molecule has 1 aliphatic heterocycles. The third kappa shape index (κ3) is 3.21. The number of nitrogens with zero attached hydrogens (tertiary/aromatic N) is 2. The number of aryl methyl sites for hydroxylation is 1. The second kappa shape index (κ2) is 6.64. The molecule has 0 unspecified atom stereocenters. The van der Waals surface area contributed by atoms with Crippen LogP contribution in [0.5, 0.6) is 0 Å². The molecular weight excluding hydrogens is 314 g/mol. The third-order valence-electron chi connectivity index (χ3n) is 5.50. The van der Waals surface area contributed by atoms with Gasteiger partial charge in [-0.1, -0.05) is 30.3 Å². The van der Waals surface area contributed by atoms with E-state index in [1.54, 1.807) is 0 Å². The van der Waals surface area contributed by atoms with Crippen molar-refractivity contribution in [2.24, 2.45) is 7.05 Å². The quantitative estimate of drug-likeness (QED) is 0.911. The van der Waals surface area contributed by atoms with Crippen molar-refractivity contribution in [2.45, 2.75) is 43.6 Å². The Morgan fingerprint density at radius 3 is 2.68 bits per heavy atom. The maximum absolute atomic E-state index is 13.1. The van der Waals surface area contributed by atoms with Gasteiger partial charge in [0, 0.05) is 31.9 Å². The summed E-state index contributed by atoms with van der Waals surface area (Å²) in [7, 11) is 1.99. The van der Waals surface area contributed by atoms with E-state index < -0.39 is 5.41 Å². The number of hydrogen-bond acceptors (Lipinski definition) is 3. The minimum atomic E-state index is -0.492. The summed E-state index contributed by atoms with van der Waals surface area (Å²) in [5.74, 6) is 0.744. The zero-order valence-electron chi connectivity index (χ0n) is 14.7. The summed E-state index contributed by atoms with van der Waals surface area (Å²) in [5, 5.41) is 7.70. The van der Waals surface area contributed by atoms with Crippen molar-refractivity contribution in [3.8, 4) is 0 Å². The molecule has 25 heavy (non-hydrogen) atoms. The molecule has 2 heterocycles. The number of nitrogens with one attached hydrogen (secondary N) is 1. The minimum Gasteiger partial charge on any atom is -0.381 e. The van der Waals surface area contributed by atoms with E-state index in [4.69, 9.17) is 4.74 Å². The van der Waals surface area contributed by atoms with Gasteiger partial charge in [-0.15, -0.1) is 0 Å². The van der Waals surface area contributed by atoms with Crippen molar-refractivity contribution in [3.05, 3.63) is 53.3 Å². The Morgan fingerprint density at radius 1 is 1.28 bits per heavy atom. The van der Waals surface area contributed by atoms with E-state index in [0.717, 1.165) is 24.1 Å². The maximum Gasteiger partial charge on any atom is 0.231 e. The molecule has 1 saturated carbocycles. The fraction of sp³-hybridized carbons (Fsp3) is 0.500. The SMILES string of the molecule is Cn1nc(CNC(=O)C2(c3ccccc3)CCOCC2)cc1C1CC1. The van der Waals surface area contributed by atoms with Crippen molar-refractivity contribution in [1.29, 1.82) is 0 Å². The molecule has 2 fully saturated rings. The van der Waals surface area contributed by atoms with E-state index in [1.165, 1.54) is 18.5 Å². The van der Waals surface area contributed by atoms with Crippen LogP contribution in [0.1, 0.15) is 48.6 Å². The normalized spacial score (nSPS) is 19.6. The van der Waals surface area contributed by atoms with Crippen LogP contribution in [0.4, 0.5) is 0 Å². The van der Waals surface area contributed by atoms with Crippen LogP contribution in [0.15, 0.2) is 36.4 Å². The van der Waals surface area contributed by atoms with Gasteiger partial charge in [-0.25, -0.2) is 0 Å². The van der Waals surface area contributed by atoms with Gasteiger partial charge in [0.15, 0.2) is 0 Å². The number of benzene rings is 1. The topological polar surface area (TPSA) is 56.2 Å². The number of aromatic nitrogens is 2. The lowest BCUT2D eigenvalue weighted by atomic mass is 9.73. The Morgan fingerprint density at radius 2 is 2.00 bits per heavy atom. The molecule has 4 rings (SSSR count). The van der Waals surface area contributed by atoms with Crippen molar-refractivity contribution in [3.63, 3.8) is 0 Å². The highest BCUT2D eigenvalue weighted by Gasteiger charge is 2.41. The third-order valence-corrected chi connectivity index (χ3v) is 5.50. The molecule has 0 radical (unpaired) electrons. The monoisotopic (exact) mass is 339 g/mol. The summed E-state index contributed by atoms with van der Waals surface area (Å²) in [4.78, 5) is 13.1.